The Bertz CT molecular complexity index is 361. The number of nitrogens with one attached hydrogen (secondary N) is 1. The summed E-state index contributed by atoms with van der Waals surface area (Å²) in [5.41, 5.74) is 0. The van der Waals surface area contributed by atoms with Crippen LogP contribution in [0.15, 0.2) is 0 Å². The molecule has 2 atom stereocenters. The van der Waals surface area contributed by atoms with E-state index in [1.807, 2.05) is 11.8 Å². The fourth-order valence-corrected chi connectivity index (χ4v) is 3.14. The van der Waals surface area contributed by atoms with E-state index in [0.717, 1.165) is 38.6 Å². The van der Waals surface area contributed by atoms with Crippen molar-refractivity contribution in [1.29, 1.82) is 0 Å². The Kier molecular flexibility index (Phi) is 14.5. The van der Waals surface area contributed by atoms with Crippen molar-refractivity contribution in [3.8, 4) is 0 Å². The van der Waals surface area contributed by atoms with Gasteiger partial charge in [-0.1, -0.05) is 66.2 Å². The minimum Gasteiger partial charge on any atom is -0.481 e. The Morgan fingerprint density at radius 3 is 2.20 bits per heavy atom. The van der Waals surface area contributed by atoms with Crippen molar-refractivity contribution in [3.63, 3.8) is 0 Å². The van der Waals surface area contributed by atoms with Crippen LogP contribution in [0.1, 0.15) is 85.5 Å². The van der Waals surface area contributed by atoms with Gasteiger partial charge in [0, 0.05) is 6.54 Å². The van der Waals surface area contributed by atoms with Crippen molar-refractivity contribution < 1.29 is 14.7 Å². The first kappa shape index (κ1) is 23.9. The molecule has 0 aromatic rings. The zero-order chi connectivity index (χ0) is 19.1. The fourth-order valence-electron chi connectivity index (χ4n) is 3.14. The Hall–Kier alpha value is -1.10. The van der Waals surface area contributed by atoms with E-state index in [9.17, 15) is 14.7 Å². The summed E-state index contributed by atoms with van der Waals surface area (Å²) in [6.45, 7) is 10.6. The molecule has 0 aliphatic rings. The molecule has 0 bridgehead atoms. The summed E-state index contributed by atoms with van der Waals surface area (Å²) in [7, 11) is 0. The van der Waals surface area contributed by atoms with Crippen LogP contribution in [0.25, 0.3) is 0 Å². The largest absolute Gasteiger partial charge is 0.481 e. The van der Waals surface area contributed by atoms with E-state index in [0.29, 0.717) is 19.0 Å². The molecule has 2 N–H and O–H groups in total. The molecule has 0 radical (unpaired) electrons. The van der Waals surface area contributed by atoms with Gasteiger partial charge in [-0.2, -0.15) is 0 Å². The highest BCUT2D eigenvalue weighted by molar-refractivity contribution is 5.86. The zero-order valence-electron chi connectivity index (χ0n) is 16.9. The number of rotatable bonds is 16. The van der Waals surface area contributed by atoms with Gasteiger partial charge >= 0.3 is 5.97 Å². The third-order valence-electron chi connectivity index (χ3n) is 4.92. The van der Waals surface area contributed by atoms with Crippen molar-refractivity contribution in [2.75, 3.05) is 19.6 Å². The van der Waals surface area contributed by atoms with Gasteiger partial charge in [-0.3, -0.25) is 14.5 Å². The number of carbonyl (C=O) groups excluding carboxylic acids is 1. The molecule has 0 fully saturated rings. The number of carboxylic acids is 1. The molecular weight excluding hydrogens is 316 g/mol. The minimum absolute atomic E-state index is 0.126. The van der Waals surface area contributed by atoms with Crippen molar-refractivity contribution in [3.05, 3.63) is 0 Å². The second kappa shape index (κ2) is 15.2. The van der Waals surface area contributed by atoms with E-state index in [2.05, 4.69) is 26.1 Å². The Balaban J connectivity index is 4.68. The monoisotopic (exact) mass is 356 g/mol. The average Bonchev–Trinajstić information content (AvgIpc) is 2.60. The summed E-state index contributed by atoms with van der Waals surface area (Å²) in [5, 5.41) is 12.2. The summed E-state index contributed by atoms with van der Waals surface area (Å²) in [6, 6.07) is -0.562. The van der Waals surface area contributed by atoms with E-state index >= 15 is 0 Å². The summed E-state index contributed by atoms with van der Waals surface area (Å²) in [5.74, 6) is -0.561. The number of carbonyl (C=O) groups is 2. The number of unbranched alkanes of at least 4 members (excludes halogenated alkanes) is 4. The fraction of sp³-hybridized carbons (Fsp3) is 0.900. The molecule has 0 aromatic heterocycles. The minimum atomic E-state index is -0.912. The highest BCUT2D eigenvalue weighted by Gasteiger charge is 2.27. The van der Waals surface area contributed by atoms with Crippen molar-refractivity contribution in [1.82, 2.24) is 10.2 Å². The van der Waals surface area contributed by atoms with Crippen LogP contribution in [0.4, 0.5) is 0 Å². The highest BCUT2D eigenvalue weighted by atomic mass is 16.4. The van der Waals surface area contributed by atoms with Gasteiger partial charge in [0.05, 0.1) is 12.5 Å². The van der Waals surface area contributed by atoms with Gasteiger partial charge in [0.1, 0.15) is 0 Å². The summed E-state index contributed by atoms with van der Waals surface area (Å²) in [4.78, 5) is 25.9. The van der Waals surface area contributed by atoms with Gasteiger partial charge in [0.15, 0.2) is 0 Å². The second-order valence-corrected chi connectivity index (χ2v) is 6.96. The topological polar surface area (TPSA) is 69.6 Å². The third kappa shape index (κ3) is 11.2. The average molecular weight is 357 g/mol. The molecule has 0 aliphatic carbocycles. The Labute approximate surface area is 154 Å². The lowest BCUT2D eigenvalue weighted by Gasteiger charge is -2.29. The van der Waals surface area contributed by atoms with Crippen LogP contribution in [0.2, 0.25) is 0 Å². The molecule has 0 saturated heterocycles. The number of hydrogen-bond donors (Lipinski definition) is 2. The Morgan fingerprint density at radius 2 is 1.68 bits per heavy atom. The normalized spacial score (nSPS) is 13.6. The predicted molar refractivity (Wildman–Crippen MR) is 104 cm³/mol. The van der Waals surface area contributed by atoms with Crippen LogP contribution in [-0.4, -0.2) is 47.6 Å². The van der Waals surface area contributed by atoms with Crippen molar-refractivity contribution in [2.45, 2.75) is 91.5 Å². The molecule has 1 amide bonds. The van der Waals surface area contributed by atoms with E-state index in [-0.39, 0.29) is 12.3 Å². The molecule has 0 aromatic carbocycles. The molecule has 0 saturated carbocycles. The maximum atomic E-state index is 12.6. The zero-order valence-corrected chi connectivity index (χ0v) is 16.9. The van der Waals surface area contributed by atoms with Gasteiger partial charge in [-0.25, -0.2) is 0 Å². The molecule has 1 unspecified atom stereocenters. The number of hydrogen-bond acceptors (Lipinski definition) is 3. The van der Waals surface area contributed by atoms with Crippen LogP contribution in [-0.2, 0) is 9.59 Å². The third-order valence-corrected chi connectivity index (χ3v) is 4.92. The van der Waals surface area contributed by atoms with Crippen LogP contribution < -0.4 is 5.32 Å². The number of nitrogens with zero attached hydrogens (tertiary/aromatic N) is 1. The van der Waals surface area contributed by atoms with Crippen molar-refractivity contribution in [2.24, 2.45) is 5.92 Å². The maximum absolute atomic E-state index is 12.6. The van der Waals surface area contributed by atoms with E-state index in [1.165, 1.54) is 19.3 Å². The van der Waals surface area contributed by atoms with E-state index < -0.39 is 12.0 Å². The maximum Gasteiger partial charge on any atom is 0.305 e. The second-order valence-electron chi connectivity index (χ2n) is 6.96. The lowest BCUT2D eigenvalue weighted by Crippen LogP contribution is -2.49. The SMILES string of the molecule is CCCCCCN(CC)[C@@H](CC(=O)O)C(=O)NCC(CC)CCCC. The molecule has 0 heterocycles. The predicted octanol–water partition coefficient (Wildman–Crippen LogP) is 4.06. The summed E-state index contributed by atoms with van der Waals surface area (Å²) in [6.07, 6.45) is 8.86. The van der Waals surface area contributed by atoms with Crippen LogP contribution in [0.5, 0.6) is 0 Å². The quantitative estimate of drug-likeness (QED) is 0.409. The molecule has 0 rings (SSSR count). The standard InChI is InChI=1S/C20H40N2O3/c1-5-9-11-12-14-22(8-4)18(15-19(23)24)20(25)21-16-17(7-3)13-10-6-2/h17-18H,5-16H2,1-4H3,(H,21,25)(H,23,24)/t17?,18-/m0/s1. The van der Waals surface area contributed by atoms with E-state index in [1.54, 1.807) is 0 Å². The molecule has 25 heavy (non-hydrogen) atoms. The van der Waals surface area contributed by atoms with Crippen LogP contribution in [0, 0.1) is 5.92 Å². The smallest absolute Gasteiger partial charge is 0.305 e. The first-order valence-corrected chi connectivity index (χ1v) is 10.2. The Morgan fingerprint density at radius 1 is 1.00 bits per heavy atom. The first-order valence-electron chi connectivity index (χ1n) is 10.2. The lowest BCUT2D eigenvalue weighted by molar-refractivity contribution is -0.142. The molecule has 0 aliphatic heterocycles. The van der Waals surface area contributed by atoms with Gasteiger partial charge < -0.3 is 10.4 Å². The summed E-state index contributed by atoms with van der Waals surface area (Å²) < 4.78 is 0. The van der Waals surface area contributed by atoms with Crippen LogP contribution >= 0.6 is 0 Å². The molecule has 148 valence electrons. The van der Waals surface area contributed by atoms with Gasteiger partial charge in [-0.05, 0) is 31.8 Å². The van der Waals surface area contributed by atoms with Gasteiger partial charge in [0.2, 0.25) is 5.91 Å². The lowest BCUT2D eigenvalue weighted by atomic mass is 9.99. The first-order chi connectivity index (χ1) is 12.0. The number of amides is 1. The number of aliphatic carboxylic acids is 1. The van der Waals surface area contributed by atoms with Gasteiger partial charge in [0.25, 0.3) is 0 Å². The number of likely N-dealkylation sites (N-methyl/N-ethyl adjacent to an activating group) is 1. The van der Waals surface area contributed by atoms with E-state index in [4.69, 9.17) is 0 Å². The van der Waals surface area contributed by atoms with Crippen molar-refractivity contribution >= 4 is 11.9 Å². The number of carboxylic acid groups (broad SMARTS) is 1. The summed E-state index contributed by atoms with van der Waals surface area (Å²) >= 11 is 0. The molecule has 5 nitrogen and oxygen atoms in total. The molecule has 5 heteroatoms. The van der Waals surface area contributed by atoms with Crippen LogP contribution in [0.3, 0.4) is 0 Å². The molecule has 0 spiro atoms. The van der Waals surface area contributed by atoms with Gasteiger partial charge in [-0.15, -0.1) is 0 Å². The molecular formula is C20H40N2O3. The highest BCUT2D eigenvalue weighted by Crippen LogP contribution is 2.13.